The van der Waals surface area contributed by atoms with Crippen LogP contribution >= 0.6 is 0 Å². The largest absolute Gasteiger partial charge is 0.520 e. The molecular formula is C9H16O3Si. The van der Waals surface area contributed by atoms with E-state index in [1.54, 1.807) is 0 Å². The van der Waals surface area contributed by atoms with E-state index >= 15 is 0 Å². The predicted octanol–water partition coefficient (Wildman–Crippen LogP) is 1.73. The molecular weight excluding hydrogens is 184 g/mol. The summed E-state index contributed by atoms with van der Waals surface area (Å²) in [4.78, 5) is 22.4. The van der Waals surface area contributed by atoms with Crippen LogP contribution in [0.4, 0.5) is 0 Å². The zero-order valence-electron chi connectivity index (χ0n) is 8.42. The molecule has 0 saturated heterocycles. The van der Waals surface area contributed by atoms with Crippen molar-refractivity contribution >= 4 is 20.1 Å². The molecule has 1 fully saturated rings. The van der Waals surface area contributed by atoms with Gasteiger partial charge in [-0.25, -0.2) is 0 Å². The average molecular weight is 200 g/mol. The van der Waals surface area contributed by atoms with Gasteiger partial charge in [0.25, 0.3) is 5.97 Å². The van der Waals surface area contributed by atoms with Gasteiger partial charge in [-0.2, -0.15) is 0 Å². The summed E-state index contributed by atoms with van der Waals surface area (Å²) in [5.41, 5.74) is 0. The standard InChI is InChI=1S/C9H16O3Si/c1-13(2,3)12-9(11)7-4-5-8(10)6-7/h7H,4-6H2,1-3H3/t7-/m1/s1. The summed E-state index contributed by atoms with van der Waals surface area (Å²) in [6.45, 7) is 5.92. The first-order valence-corrected chi connectivity index (χ1v) is 8.04. The Morgan fingerprint density at radius 3 is 2.46 bits per heavy atom. The van der Waals surface area contributed by atoms with E-state index in [9.17, 15) is 9.59 Å². The number of carbonyl (C=O) groups is 2. The number of ketones is 1. The first kappa shape index (κ1) is 10.4. The normalized spacial score (nSPS) is 23.3. The summed E-state index contributed by atoms with van der Waals surface area (Å²) < 4.78 is 5.32. The zero-order chi connectivity index (χ0) is 10.1. The molecule has 0 aromatic heterocycles. The van der Waals surface area contributed by atoms with Gasteiger partial charge in [-0.3, -0.25) is 9.59 Å². The van der Waals surface area contributed by atoms with Crippen molar-refractivity contribution in [2.24, 2.45) is 5.92 Å². The molecule has 0 aromatic rings. The van der Waals surface area contributed by atoms with Crippen molar-refractivity contribution in [3.8, 4) is 0 Å². The molecule has 0 aliphatic heterocycles. The molecule has 74 valence electrons. The quantitative estimate of drug-likeness (QED) is 0.638. The fourth-order valence-electron chi connectivity index (χ4n) is 1.40. The van der Waals surface area contributed by atoms with E-state index in [0.29, 0.717) is 19.3 Å². The fourth-order valence-corrected chi connectivity index (χ4v) is 2.17. The molecule has 0 spiro atoms. The smallest absolute Gasteiger partial charge is 0.296 e. The van der Waals surface area contributed by atoms with E-state index < -0.39 is 8.32 Å². The molecule has 0 N–H and O–H groups in total. The molecule has 0 radical (unpaired) electrons. The van der Waals surface area contributed by atoms with Crippen LogP contribution in [0.15, 0.2) is 0 Å². The summed E-state index contributed by atoms with van der Waals surface area (Å²) >= 11 is 0. The Balaban J connectivity index is 2.45. The first-order chi connectivity index (χ1) is 5.88. The number of hydrogen-bond acceptors (Lipinski definition) is 3. The van der Waals surface area contributed by atoms with E-state index in [1.165, 1.54) is 0 Å². The van der Waals surface area contributed by atoms with E-state index in [-0.39, 0.29) is 17.7 Å². The third kappa shape index (κ3) is 3.30. The number of Topliss-reactive ketones (excluding diaryl/α,β-unsaturated/α-hetero) is 1. The minimum Gasteiger partial charge on any atom is -0.520 e. The molecule has 4 heteroatoms. The lowest BCUT2D eigenvalue weighted by atomic mass is 10.1. The van der Waals surface area contributed by atoms with Crippen molar-refractivity contribution in [3.05, 3.63) is 0 Å². The highest BCUT2D eigenvalue weighted by atomic mass is 28.4. The van der Waals surface area contributed by atoms with Gasteiger partial charge in [0, 0.05) is 12.8 Å². The van der Waals surface area contributed by atoms with Crippen molar-refractivity contribution in [3.63, 3.8) is 0 Å². The van der Waals surface area contributed by atoms with Crippen LogP contribution in [0.1, 0.15) is 19.3 Å². The fraction of sp³-hybridized carbons (Fsp3) is 0.778. The summed E-state index contributed by atoms with van der Waals surface area (Å²) in [5, 5.41) is 0. The zero-order valence-corrected chi connectivity index (χ0v) is 9.42. The van der Waals surface area contributed by atoms with E-state index in [1.807, 2.05) is 19.6 Å². The molecule has 0 bridgehead atoms. The Morgan fingerprint density at radius 1 is 1.46 bits per heavy atom. The Bertz CT molecular complexity index is 230. The first-order valence-electron chi connectivity index (χ1n) is 4.63. The summed E-state index contributed by atoms with van der Waals surface area (Å²) in [6.07, 6.45) is 1.62. The molecule has 1 aliphatic carbocycles. The summed E-state index contributed by atoms with van der Waals surface area (Å²) in [5.74, 6) is -0.123. The Labute approximate surface area is 79.6 Å². The van der Waals surface area contributed by atoms with Gasteiger partial charge in [0.2, 0.25) is 8.32 Å². The second-order valence-corrected chi connectivity index (χ2v) is 8.94. The molecule has 1 saturated carbocycles. The third-order valence-corrected chi connectivity index (χ3v) is 2.80. The predicted molar refractivity (Wildman–Crippen MR) is 51.8 cm³/mol. The van der Waals surface area contributed by atoms with Gasteiger partial charge < -0.3 is 4.43 Å². The van der Waals surface area contributed by atoms with Gasteiger partial charge in [0.05, 0.1) is 5.92 Å². The molecule has 0 unspecified atom stereocenters. The lowest BCUT2D eigenvalue weighted by Gasteiger charge is -2.19. The molecule has 1 atom stereocenters. The summed E-state index contributed by atoms with van der Waals surface area (Å²) in [7, 11) is -1.77. The molecule has 0 amide bonds. The number of hydrogen-bond donors (Lipinski definition) is 0. The number of carbonyl (C=O) groups excluding carboxylic acids is 2. The van der Waals surface area contributed by atoms with Crippen LogP contribution in [0.25, 0.3) is 0 Å². The van der Waals surface area contributed by atoms with Gasteiger partial charge in [-0.15, -0.1) is 0 Å². The average Bonchev–Trinajstić information content (AvgIpc) is 2.31. The number of rotatable bonds is 2. The van der Waals surface area contributed by atoms with Gasteiger partial charge in [0.1, 0.15) is 5.78 Å². The molecule has 1 aliphatic rings. The highest BCUT2D eigenvalue weighted by Crippen LogP contribution is 2.24. The topological polar surface area (TPSA) is 43.4 Å². The van der Waals surface area contributed by atoms with Crippen molar-refractivity contribution in [1.29, 1.82) is 0 Å². The second kappa shape index (κ2) is 3.62. The van der Waals surface area contributed by atoms with Gasteiger partial charge in [-0.1, -0.05) is 0 Å². The van der Waals surface area contributed by atoms with Gasteiger partial charge in [-0.05, 0) is 26.1 Å². The van der Waals surface area contributed by atoms with Crippen molar-refractivity contribution in [2.45, 2.75) is 38.9 Å². The van der Waals surface area contributed by atoms with Crippen LogP contribution < -0.4 is 0 Å². The highest BCUT2D eigenvalue weighted by Gasteiger charge is 2.32. The van der Waals surface area contributed by atoms with E-state index in [2.05, 4.69) is 0 Å². The van der Waals surface area contributed by atoms with Gasteiger partial charge in [0.15, 0.2) is 0 Å². The van der Waals surface area contributed by atoms with E-state index in [4.69, 9.17) is 4.43 Å². The minimum absolute atomic E-state index is 0.153. The molecule has 1 rings (SSSR count). The SMILES string of the molecule is C[Si](C)(C)OC(=O)[C@@H]1CCC(=O)C1. The van der Waals surface area contributed by atoms with Crippen LogP contribution in [-0.2, 0) is 14.0 Å². The Morgan fingerprint density at radius 2 is 2.08 bits per heavy atom. The van der Waals surface area contributed by atoms with Crippen LogP contribution in [-0.4, -0.2) is 20.1 Å². The van der Waals surface area contributed by atoms with Crippen LogP contribution in [0.2, 0.25) is 19.6 Å². The lowest BCUT2D eigenvalue weighted by molar-refractivity contribution is -0.140. The Kier molecular flexibility index (Phi) is 2.90. The van der Waals surface area contributed by atoms with Gasteiger partial charge >= 0.3 is 0 Å². The highest BCUT2D eigenvalue weighted by molar-refractivity contribution is 6.71. The maximum absolute atomic E-state index is 11.5. The van der Waals surface area contributed by atoms with Crippen molar-refractivity contribution in [2.75, 3.05) is 0 Å². The molecule has 0 aromatic carbocycles. The molecule has 13 heavy (non-hydrogen) atoms. The molecule has 3 nitrogen and oxygen atoms in total. The van der Waals surface area contributed by atoms with E-state index in [0.717, 1.165) is 0 Å². The monoisotopic (exact) mass is 200 g/mol. The van der Waals surface area contributed by atoms with Crippen molar-refractivity contribution < 1.29 is 14.0 Å². The van der Waals surface area contributed by atoms with Crippen LogP contribution in [0, 0.1) is 5.92 Å². The maximum Gasteiger partial charge on any atom is 0.296 e. The minimum atomic E-state index is -1.77. The lowest BCUT2D eigenvalue weighted by Crippen LogP contribution is -2.32. The maximum atomic E-state index is 11.5. The Hall–Kier alpha value is -0.643. The van der Waals surface area contributed by atoms with Crippen molar-refractivity contribution in [1.82, 2.24) is 0 Å². The second-order valence-electron chi connectivity index (χ2n) is 4.51. The third-order valence-electron chi connectivity index (χ3n) is 1.99. The van der Waals surface area contributed by atoms with Crippen LogP contribution in [0.5, 0.6) is 0 Å². The van der Waals surface area contributed by atoms with Crippen LogP contribution in [0.3, 0.4) is 0 Å². The summed E-state index contributed by atoms with van der Waals surface area (Å²) in [6, 6.07) is 0. The molecule has 0 heterocycles.